The van der Waals surface area contributed by atoms with E-state index in [9.17, 15) is 4.79 Å². The zero-order chi connectivity index (χ0) is 15.9. The Kier molecular flexibility index (Phi) is 6.34. The number of nitrogens with one attached hydrogen (secondary N) is 1. The molecule has 122 valence electrons. The number of hydrogen-bond acceptors (Lipinski definition) is 4. The lowest BCUT2D eigenvalue weighted by Crippen LogP contribution is -2.49. The standard InChI is InChI=1S/C17H28N4O/c1-3-4-16(18)17(22)20-15-7-11-21(12-8-15)13(2)14-5-9-19-10-6-14/h5-6,9-10,13,15-16H,3-4,7-8,11-12,18H2,1-2H3,(H,20,22). The molecule has 22 heavy (non-hydrogen) atoms. The number of hydrogen-bond donors (Lipinski definition) is 2. The SMILES string of the molecule is CCCC(N)C(=O)NC1CCN(C(C)c2ccncc2)CC1. The lowest BCUT2D eigenvalue weighted by molar-refractivity contribution is -0.123. The van der Waals surface area contributed by atoms with Crippen molar-refractivity contribution >= 4 is 5.91 Å². The molecule has 5 nitrogen and oxygen atoms in total. The predicted octanol–water partition coefficient (Wildman–Crippen LogP) is 1.85. The maximum atomic E-state index is 12.0. The van der Waals surface area contributed by atoms with Crippen molar-refractivity contribution < 1.29 is 4.79 Å². The first-order valence-electron chi connectivity index (χ1n) is 8.31. The number of rotatable bonds is 6. The summed E-state index contributed by atoms with van der Waals surface area (Å²) >= 11 is 0. The van der Waals surface area contributed by atoms with Crippen LogP contribution < -0.4 is 11.1 Å². The molecule has 0 bridgehead atoms. The first kappa shape index (κ1) is 16.9. The maximum Gasteiger partial charge on any atom is 0.237 e. The van der Waals surface area contributed by atoms with Crippen molar-refractivity contribution in [1.29, 1.82) is 0 Å². The Bertz CT molecular complexity index is 457. The van der Waals surface area contributed by atoms with Gasteiger partial charge in [-0.2, -0.15) is 0 Å². The summed E-state index contributed by atoms with van der Waals surface area (Å²) in [7, 11) is 0. The van der Waals surface area contributed by atoms with Gasteiger partial charge in [0.1, 0.15) is 0 Å². The summed E-state index contributed by atoms with van der Waals surface area (Å²) < 4.78 is 0. The Hall–Kier alpha value is -1.46. The molecule has 1 aromatic rings. The zero-order valence-corrected chi connectivity index (χ0v) is 13.7. The van der Waals surface area contributed by atoms with Crippen molar-refractivity contribution in [2.75, 3.05) is 13.1 Å². The Morgan fingerprint density at radius 1 is 1.41 bits per heavy atom. The normalized spacial score (nSPS) is 19.6. The van der Waals surface area contributed by atoms with Crippen LogP contribution in [-0.4, -0.2) is 41.0 Å². The van der Waals surface area contributed by atoms with Gasteiger partial charge in [0.15, 0.2) is 0 Å². The summed E-state index contributed by atoms with van der Waals surface area (Å²) in [6, 6.07) is 4.43. The molecule has 5 heteroatoms. The molecule has 0 aliphatic carbocycles. The van der Waals surface area contributed by atoms with Crippen LogP contribution in [0, 0.1) is 0 Å². The van der Waals surface area contributed by atoms with Gasteiger partial charge in [0, 0.05) is 37.6 Å². The van der Waals surface area contributed by atoms with Crippen molar-refractivity contribution in [3.05, 3.63) is 30.1 Å². The van der Waals surface area contributed by atoms with E-state index in [1.807, 2.05) is 19.3 Å². The molecule has 1 aliphatic heterocycles. The van der Waals surface area contributed by atoms with Gasteiger partial charge in [0.25, 0.3) is 0 Å². The quantitative estimate of drug-likeness (QED) is 0.841. The van der Waals surface area contributed by atoms with Gasteiger partial charge in [0.05, 0.1) is 6.04 Å². The lowest BCUT2D eigenvalue weighted by atomic mass is 10.00. The van der Waals surface area contributed by atoms with Crippen LogP contribution in [-0.2, 0) is 4.79 Å². The molecule has 0 aromatic carbocycles. The van der Waals surface area contributed by atoms with E-state index >= 15 is 0 Å². The monoisotopic (exact) mass is 304 g/mol. The minimum Gasteiger partial charge on any atom is -0.352 e. The van der Waals surface area contributed by atoms with Crippen LogP contribution in [0.25, 0.3) is 0 Å². The van der Waals surface area contributed by atoms with Crippen molar-refractivity contribution in [2.45, 2.75) is 57.7 Å². The van der Waals surface area contributed by atoms with Crippen LogP contribution in [0.5, 0.6) is 0 Å². The summed E-state index contributed by atoms with van der Waals surface area (Å²) in [6.45, 7) is 6.27. The smallest absolute Gasteiger partial charge is 0.237 e. The number of pyridine rings is 1. The summed E-state index contributed by atoms with van der Waals surface area (Å²) in [5.74, 6) is 0.00230. The summed E-state index contributed by atoms with van der Waals surface area (Å²) in [4.78, 5) is 18.5. The first-order chi connectivity index (χ1) is 10.6. The second-order valence-electron chi connectivity index (χ2n) is 6.17. The number of piperidine rings is 1. The van der Waals surface area contributed by atoms with E-state index in [-0.39, 0.29) is 18.0 Å². The average molecular weight is 304 g/mol. The third kappa shape index (κ3) is 4.52. The van der Waals surface area contributed by atoms with Gasteiger partial charge in [-0.15, -0.1) is 0 Å². The van der Waals surface area contributed by atoms with Crippen LogP contribution >= 0.6 is 0 Å². The van der Waals surface area contributed by atoms with Crippen LogP contribution in [0.4, 0.5) is 0 Å². The van der Waals surface area contributed by atoms with E-state index < -0.39 is 0 Å². The fourth-order valence-electron chi connectivity index (χ4n) is 3.03. The average Bonchev–Trinajstić information content (AvgIpc) is 2.56. The number of aromatic nitrogens is 1. The Morgan fingerprint density at radius 3 is 2.64 bits per heavy atom. The van der Waals surface area contributed by atoms with Gasteiger partial charge < -0.3 is 11.1 Å². The molecule has 1 aromatic heterocycles. The van der Waals surface area contributed by atoms with Crippen LogP contribution in [0.2, 0.25) is 0 Å². The van der Waals surface area contributed by atoms with Gasteiger partial charge in [-0.1, -0.05) is 13.3 Å². The minimum absolute atomic E-state index is 0.00230. The topological polar surface area (TPSA) is 71.2 Å². The molecule has 2 rings (SSSR count). The third-order valence-electron chi connectivity index (χ3n) is 4.55. The summed E-state index contributed by atoms with van der Waals surface area (Å²) in [6.07, 6.45) is 7.35. The Morgan fingerprint density at radius 2 is 2.05 bits per heavy atom. The lowest BCUT2D eigenvalue weighted by Gasteiger charge is -2.36. The van der Waals surface area contributed by atoms with Gasteiger partial charge in [-0.3, -0.25) is 14.7 Å². The molecular weight excluding hydrogens is 276 g/mol. The number of carbonyl (C=O) groups is 1. The fourth-order valence-corrected chi connectivity index (χ4v) is 3.03. The van der Waals surface area contributed by atoms with Crippen LogP contribution in [0.1, 0.15) is 51.1 Å². The highest BCUT2D eigenvalue weighted by Gasteiger charge is 2.25. The molecule has 0 spiro atoms. The fraction of sp³-hybridized carbons (Fsp3) is 0.647. The number of carbonyl (C=O) groups excluding carboxylic acids is 1. The predicted molar refractivity (Wildman–Crippen MR) is 88.3 cm³/mol. The molecule has 2 atom stereocenters. The van der Waals surface area contributed by atoms with Crippen molar-refractivity contribution in [3.8, 4) is 0 Å². The highest BCUT2D eigenvalue weighted by molar-refractivity contribution is 5.81. The highest BCUT2D eigenvalue weighted by Crippen LogP contribution is 2.23. The number of nitrogens with two attached hydrogens (primary N) is 1. The van der Waals surface area contributed by atoms with E-state index in [4.69, 9.17) is 5.73 Å². The Labute approximate surface area is 133 Å². The maximum absolute atomic E-state index is 12.0. The number of amides is 1. The second kappa shape index (κ2) is 8.25. The molecule has 0 radical (unpaired) electrons. The van der Waals surface area contributed by atoms with E-state index in [1.54, 1.807) is 0 Å². The highest BCUT2D eigenvalue weighted by atomic mass is 16.2. The van der Waals surface area contributed by atoms with Crippen molar-refractivity contribution in [3.63, 3.8) is 0 Å². The largest absolute Gasteiger partial charge is 0.352 e. The molecule has 1 amide bonds. The van der Waals surface area contributed by atoms with E-state index in [0.29, 0.717) is 6.04 Å². The molecule has 1 aliphatic rings. The second-order valence-corrected chi connectivity index (χ2v) is 6.17. The van der Waals surface area contributed by atoms with Gasteiger partial charge in [-0.05, 0) is 43.9 Å². The Balaban J connectivity index is 1.79. The molecular formula is C17H28N4O. The molecule has 0 saturated carbocycles. The van der Waals surface area contributed by atoms with E-state index in [2.05, 4.69) is 34.3 Å². The van der Waals surface area contributed by atoms with Gasteiger partial charge in [0.2, 0.25) is 5.91 Å². The summed E-state index contributed by atoms with van der Waals surface area (Å²) in [5.41, 5.74) is 7.16. The molecule has 3 N–H and O–H groups in total. The number of nitrogens with zero attached hydrogens (tertiary/aromatic N) is 2. The van der Waals surface area contributed by atoms with Gasteiger partial charge in [-0.25, -0.2) is 0 Å². The minimum atomic E-state index is -0.362. The van der Waals surface area contributed by atoms with Crippen molar-refractivity contribution in [1.82, 2.24) is 15.2 Å². The van der Waals surface area contributed by atoms with Crippen LogP contribution in [0.15, 0.2) is 24.5 Å². The molecule has 2 unspecified atom stereocenters. The summed E-state index contributed by atoms with van der Waals surface area (Å²) in [5, 5.41) is 3.10. The first-order valence-corrected chi connectivity index (χ1v) is 8.31. The number of likely N-dealkylation sites (tertiary alicyclic amines) is 1. The molecule has 2 heterocycles. The van der Waals surface area contributed by atoms with E-state index in [1.165, 1.54) is 5.56 Å². The van der Waals surface area contributed by atoms with Crippen LogP contribution in [0.3, 0.4) is 0 Å². The zero-order valence-electron chi connectivity index (χ0n) is 13.7. The molecule has 1 saturated heterocycles. The van der Waals surface area contributed by atoms with Crippen molar-refractivity contribution in [2.24, 2.45) is 5.73 Å². The van der Waals surface area contributed by atoms with E-state index in [0.717, 1.165) is 38.8 Å². The molecule has 1 fully saturated rings. The van der Waals surface area contributed by atoms with Gasteiger partial charge >= 0.3 is 0 Å². The third-order valence-corrected chi connectivity index (χ3v) is 4.55.